The van der Waals surface area contributed by atoms with E-state index >= 15 is 0 Å². The third kappa shape index (κ3) is 2.56. The van der Waals surface area contributed by atoms with Gasteiger partial charge in [0, 0.05) is 24.2 Å². The summed E-state index contributed by atoms with van der Waals surface area (Å²) in [6.45, 7) is 0. The Labute approximate surface area is 106 Å². The molecule has 1 unspecified atom stereocenters. The van der Waals surface area contributed by atoms with Gasteiger partial charge in [-0.3, -0.25) is 4.90 Å². The number of rotatable bonds is 4. The van der Waals surface area contributed by atoms with Crippen molar-refractivity contribution in [3.63, 3.8) is 0 Å². The van der Waals surface area contributed by atoms with Gasteiger partial charge in [0.05, 0.1) is 12.4 Å². The highest BCUT2D eigenvalue weighted by Gasteiger charge is 2.11. The molecule has 2 rings (SSSR count). The summed E-state index contributed by atoms with van der Waals surface area (Å²) < 4.78 is 1.93. The normalized spacial score (nSPS) is 12.2. The zero-order valence-corrected chi connectivity index (χ0v) is 10.4. The molecule has 92 valence electrons. The summed E-state index contributed by atoms with van der Waals surface area (Å²) in [6.07, 6.45) is 6.90. The van der Waals surface area contributed by atoms with E-state index in [-0.39, 0.29) is 6.04 Å². The van der Waals surface area contributed by atoms with Crippen LogP contribution in [0.15, 0.2) is 49.1 Å². The highest BCUT2D eigenvalue weighted by molar-refractivity contribution is 5.49. The molecule has 0 aliphatic rings. The summed E-state index contributed by atoms with van der Waals surface area (Å²) in [6, 6.07) is 7.95. The molecule has 0 radical (unpaired) electrons. The zero-order valence-electron chi connectivity index (χ0n) is 10.4. The zero-order chi connectivity index (χ0) is 13.0. The summed E-state index contributed by atoms with van der Waals surface area (Å²) in [5.41, 5.74) is 2.07. The molecule has 0 N–H and O–H groups in total. The van der Waals surface area contributed by atoms with Crippen LogP contribution >= 0.6 is 0 Å². The first kappa shape index (κ1) is 12.3. The molecule has 0 aliphatic heterocycles. The first-order valence-electron chi connectivity index (χ1n) is 5.68. The minimum atomic E-state index is -0.0639. The Kier molecular flexibility index (Phi) is 3.72. The highest BCUT2D eigenvalue weighted by Crippen LogP contribution is 2.21. The van der Waals surface area contributed by atoms with Crippen molar-refractivity contribution in [1.82, 2.24) is 14.5 Å². The molecule has 1 aromatic carbocycles. The maximum absolute atomic E-state index is 10.6. The summed E-state index contributed by atoms with van der Waals surface area (Å²) in [5, 5.41) is 0. The molecular formula is C14H15N3O. The molecule has 0 amide bonds. The Hall–Kier alpha value is -2.16. The summed E-state index contributed by atoms with van der Waals surface area (Å²) in [5.74, 6) is 1.87. The van der Waals surface area contributed by atoms with E-state index in [4.69, 9.17) is 0 Å². The Morgan fingerprint density at radius 1 is 1.44 bits per heavy atom. The fourth-order valence-electron chi connectivity index (χ4n) is 1.89. The number of imidazole rings is 1. The highest BCUT2D eigenvalue weighted by atomic mass is 16.1. The van der Waals surface area contributed by atoms with Gasteiger partial charge in [-0.05, 0) is 31.8 Å². The third-order valence-corrected chi connectivity index (χ3v) is 2.80. The summed E-state index contributed by atoms with van der Waals surface area (Å²) >= 11 is 0. The maximum Gasteiger partial charge on any atom is 0.122 e. The van der Waals surface area contributed by atoms with Crippen LogP contribution in [0.1, 0.15) is 11.6 Å². The van der Waals surface area contributed by atoms with Crippen molar-refractivity contribution in [3.8, 4) is 5.69 Å². The van der Waals surface area contributed by atoms with Crippen LogP contribution in [0.5, 0.6) is 0 Å². The number of likely N-dealkylation sites (N-methyl/N-ethyl adjacent to an activating group) is 1. The average molecular weight is 241 g/mol. The largest absolute Gasteiger partial charge is 0.306 e. The Bertz CT molecular complexity index is 554. The molecule has 1 aromatic heterocycles. The standard InChI is InChI=1S/C14H15N3O/c1-16(2)14(6-9-18)12-4-3-5-13(10-12)17-8-7-15-11-17/h3-8,10-11,14H,1-2H3. The van der Waals surface area contributed by atoms with E-state index in [2.05, 4.69) is 4.98 Å². The van der Waals surface area contributed by atoms with Crippen molar-refractivity contribution in [3.05, 3.63) is 54.6 Å². The van der Waals surface area contributed by atoms with Crippen LogP contribution in [0.2, 0.25) is 0 Å². The summed E-state index contributed by atoms with van der Waals surface area (Å²) in [4.78, 5) is 16.6. The molecule has 1 heterocycles. The Balaban J connectivity index is 2.40. The molecule has 0 fully saturated rings. The number of hydrogen-bond acceptors (Lipinski definition) is 3. The molecule has 4 nitrogen and oxygen atoms in total. The molecule has 2 aromatic rings. The van der Waals surface area contributed by atoms with Crippen molar-refractivity contribution >= 4 is 5.94 Å². The van der Waals surface area contributed by atoms with Crippen LogP contribution in [-0.4, -0.2) is 34.5 Å². The Morgan fingerprint density at radius 3 is 2.89 bits per heavy atom. The van der Waals surface area contributed by atoms with Crippen molar-refractivity contribution in [2.24, 2.45) is 0 Å². The van der Waals surface area contributed by atoms with Crippen LogP contribution in [-0.2, 0) is 4.79 Å². The molecule has 4 heteroatoms. The van der Waals surface area contributed by atoms with Gasteiger partial charge in [0.15, 0.2) is 0 Å². The van der Waals surface area contributed by atoms with Gasteiger partial charge in [-0.1, -0.05) is 12.1 Å². The van der Waals surface area contributed by atoms with Gasteiger partial charge in [-0.15, -0.1) is 0 Å². The van der Waals surface area contributed by atoms with Crippen LogP contribution in [0.25, 0.3) is 5.69 Å². The second kappa shape index (κ2) is 5.45. The molecule has 0 aliphatic carbocycles. The smallest absolute Gasteiger partial charge is 0.122 e. The van der Waals surface area contributed by atoms with Gasteiger partial charge in [0.1, 0.15) is 5.94 Å². The first-order chi connectivity index (χ1) is 8.72. The lowest BCUT2D eigenvalue weighted by Gasteiger charge is -2.20. The molecule has 0 spiro atoms. The first-order valence-corrected chi connectivity index (χ1v) is 5.68. The van der Waals surface area contributed by atoms with Gasteiger partial charge in [0.2, 0.25) is 0 Å². The molecule has 18 heavy (non-hydrogen) atoms. The number of nitrogens with zero attached hydrogens (tertiary/aromatic N) is 3. The number of benzene rings is 1. The van der Waals surface area contributed by atoms with E-state index in [0.717, 1.165) is 11.3 Å². The number of carbonyl (C=O) groups excluding carboxylic acids is 1. The minimum absolute atomic E-state index is 0.0639. The van der Waals surface area contributed by atoms with Crippen LogP contribution in [0, 0.1) is 0 Å². The van der Waals surface area contributed by atoms with Crippen LogP contribution in [0.4, 0.5) is 0 Å². The summed E-state index contributed by atoms with van der Waals surface area (Å²) in [7, 11) is 3.87. The SMILES string of the molecule is CN(C)C(C=C=O)c1cccc(-n2ccnc2)c1. The van der Waals surface area contributed by atoms with E-state index < -0.39 is 0 Å². The molecule has 0 saturated heterocycles. The van der Waals surface area contributed by atoms with E-state index in [9.17, 15) is 4.79 Å². The van der Waals surface area contributed by atoms with E-state index in [1.54, 1.807) is 12.5 Å². The Morgan fingerprint density at radius 2 is 2.28 bits per heavy atom. The lowest BCUT2D eigenvalue weighted by molar-refractivity contribution is 0.351. The quantitative estimate of drug-likeness (QED) is 0.767. The van der Waals surface area contributed by atoms with Crippen molar-refractivity contribution in [2.45, 2.75) is 6.04 Å². The van der Waals surface area contributed by atoms with Gasteiger partial charge in [-0.2, -0.15) is 0 Å². The van der Waals surface area contributed by atoms with Crippen LogP contribution in [0.3, 0.4) is 0 Å². The fourth-order valence-corrected chi connectivity index (χ4v) is 1.89. The number of hydrogen-bond donors (Lipinski definition) is 0. The lowest BCUT2D eigenvalue weighted by atomic mass is 10.1. The second-order valence-corrected chi connectivity index (χ2v) is 4.26. The topological polar surface area (TPSA) is 38.1 Å². The lowest BCUT2D eigenvalue weighted by Crippen LogP contribution is -2.18. The van der Waals surface area contributed by atoms with Crippen molar-refractivity contribution < 1.29 is 4.79 Å². The predicted molar refractivity (Wildman–Crippen MR) is 70.3 cm³/mol. The average Bonchev–Trinajstić information content (AvgIpc) is 2.89. The molecule has 0 saturated carbocycles. The van der Waals surface area contributed by atoms with Gasteiger partial charge in [-0.25, -0.2) is 9.78 Å². The fraction of sp³-hybridized carbons (Fsp3) is 0.214. The number of aromatic nitrogens is 2. The van der Waals surface area contributed by atoms with Crippen molar-refractivity contribution in [2.75, 3.05) is 14.1 Å². The molecule has 0 bridgehead atoms. The molecular weight excluding hydrogens is 226 g/mol. The third-order valence-electron chi connectivity index (χ3n) is 2.80. The van der Waals surface area contributed by atoms with Crippen molar-refractivity contribution in [1.29, 1.82) is 0 Å². The molecule has 1 atom stereocenters. The van der Waals surface area contributed by atoms with E-state index in [1.807, 2.05) is 60.0 Å². The maximum atomic E-state index is 10.6. The second-order valence-electron chi connectivity index (χ2n) is 4.26. The minimum Gasteiger partial charge on any atom is -0.306 e. The van der Waals surface area contributed by atoms with Crippen LogP contribution < -0.4 is 0 Å². The monoisotopic (exact) mass is 241 g/mol. The van der Waals surface area contributed by atoms with Gasteiger partial charge < -0.3 is 4.57 Å². The van der Waals surface area contributed by atoms with E-state index in [0.29, 0.717) is 0 Å². The van der Waals surface area contributed by atoms with Gasteiger partial charge >= 0.3 is 0 Å². The predicted octanol–water partition coefficient (Wildman–Crippen LogP) is 1.86. The van der Waals surface area contributed by atoms with E-state index in [1.165, 1.54) is 6.08 Å². The van der Waals surface area contributed by atoms with Gasteiger partial charge in [0.25, 0.3) is 0 Å².